The summed E-state index contributed by atoms with van der Waals surface area (Å²) < 4.78 is 28.8. The molecule has 2 aromatic carbocycles. The maximum absolute atomic E-state index is 13.8. The van der Waals surface area contributed by atoms with Gasteiger partial charge in [-0.2, -0.15) is 0 Å². The number of aromatic hydroxyl groups is 2. The summed E-state index contributed by atoms with van der Waals surface area (Å²) in [6, 6.07) is 9.06. The summed E-state index contributed by atoms with van der Waals surface area (Å²) in [4.78, 5) is 37.3. The molecule has 0 bridgehead atoms. The highest BCUT2D eigenvalue weighted by atomic mass is 16.6. The lowest BCUT2D eigenvalue weighted by atomic mass is 9.81. The Kier molecular flexibility index (Phi) is 7.81. The van der Waals surface area contributed by atoms with Gasteiger partial charge in [0.25, 0.3) is 0 Å². The van der Waals surface area contributed by atoms with Crippen molar-refractivity contribution < 1.29 is 48.3 Å². The number of aliphatic hydroxyl groups excluding tert-OH is 1. The Labute approximate surface area is 235 Å². The maximum atomic E-state index is 13.8. The summed E-state index contributed by atoms with van der Waals surface area (Å²) in [5, 5.41) is 31.5. The second-order valence-corrected chi connectivity index (χ2v) is 10.6. The van der Waals surface area contributed by atoms with Crippen molar-refractivity contribution in [1.82, 2.24) is 0 Å². The van der Waals surface area contributed by atoms with E-state index < -0.39 is 53.5 Å². The predicted octanol–water partition coefficient (Wildman–Crippen LogP) is 3.81. The van der Waals surface area contributed by atoms with Crippen LogP contribution in [-0.4, -0.2) is 57.8 Å². The van der Waals surface area contributed by atoms with Gasteiger partial charge in [0, 0.05) is 37.5 Å². The average molecular weight is 569 g/mol. The Morgan fingerprint density at radius 3 is 2.22 bits per heavy atom. The molecule has 2 unspecified atom stereocenters. The zero-order chi connectivity index (χ0) is 29.4. The fourth-order valence-electron chi connectivity index (χ4n) is 5.27. The van der Waals surface area contributed by atoms with Crippen LogP contribution in [0.25, 0.3) is 22.3 Å². The third-order valence-corrected chi connectivity index (χ3v) is 7.47. The number of ether oxygens (including phenoxy) is 4. The van der Waals surface area contributed by atoms with Crippen molar-refractivity contribution in [2.75, 3.05) is 0 Å². The molecule has 218 valence electrons. The first-order chi connectivity index (χ1) is 19.5. The molecular formula is C30H32O11. The molecule has 1 aromatic heterocycles. The lowest BCUT2D eigenvalue weighted by molar-refractivity contribution is -0.199. The maximum Gasteiger partial charge on any atom is 0.303 e. The molecule has 0 radical (unpaired) electrons. The van der Waals surface area contributed by atoms with Crippen molar-refractivity contribution in [3.8, 4) is 34.3 Å². The van der Waals surface area contributed by atoms with Gasteiger partial charge in [-0.3, -0.25) is 14.4 Å². The first-order valence-corrected chi connectivity index (χ1v) is 13.5. The van der Waals surface area contributed by atoms with Crippen LogP contribution in [-0.2, 0) is 19.1 Å². The molecule has 3 N–H and O–H groups in total. The summed E-state index contributed by atoms with van der Waals surface area (Å²) >= 11 is 0. The highest BCUT2D eigenvalue weighted by molar-refractivity contribution is 5.88. The van der Waals surface area contributed by atoms with Crippen LogP contribution in [0.3, 0.4) is 0 Å². The van der Waals surface area contributed by atoms with Crippen LogP contribution in [0.4, 0.5) is 0 Å². The van der Waals surface area contributed by atoms with E-state index in [-0.39, 0.29) is 40.8 Å². The molecule has 2 aliphatic rings. The summed E-state index contributed by atoms with van der Waals surface area (Å²) in [6.07, 6.45) is -1.36. The number of esters is 2. The van der Waals surface area contributed by atoms with Crippen molar-refractivity contribution in [2.45, 2.75) is 77.0 Å². The van der Waals surface area contributed by atoms with Crippen molar-refractivity contribution >= 4 is 22.9 Å². The van der Waals surface area contributed by atoms with E-state index in [9.17, 15) is 29.7 Å². The summed E-state index contributed by atoms with van der Waals surface area (Å²) in [7, 11) is 0. The zero-order valence-corrected chi connectivity index (χ0v) is 22.9. The van der Waals surface area contributed by atoms with Crippen molar-refractivity contribution in [1.29, 1.82) is 0 Å². The lowest BCUT2D eigenvalue weighted by Crippen LogP contribution is -2.57. The van der Waals surface area contributed by atoms with Gasteiger partial charge in [-0.1, -0.05) is 6.92 Å². The molecule has 0 amide bonds. The standard InChI is InChI=1S/C30H32O11/c1-14-11-23(25(35)29(38-16(3)32)27(14)37-15(2)31)41-30-26(36)24-21(34)12-18(33)13-22(24)40-28(30)17-7-9-20(10-8-17)39-19-5-4-6-19/h7-10,12-14,19,23,25,27,29,33-35H,4-6,11H2,1-3H3/t14-,23?,25+,27?,29+/m1/s1. The van der Waals surface area contributed by atoms with Crippen LogP contribution in [0.15, 0.2) is 45.6 Å². The van der Waals surface area contributed by atoms with Crippen LogP contribution in [0.2, 0.25) is 0 Å². The lowest BCUT2D eigenvalue weighted by Gasteiger charge is -2.42. The molecule has 11 nitrogen and oxygen atoms in total. The third-order valence-electron chi connectivity index (χ3n) is 7.47. The Balaban J connectivity index is 1.56. The topological polar surface area (TPSA) is 162 Å². The van der Waals surface area contributed by atoms with Gasteiger partial charge in [-0.25, -0.2) is 0 Å². The van der Waals surface area contributed by atoms with Gasteiger partial charge < -0.3 is 38.7 Å². The number of hydrogen-bond donors (Lipinski definition) is 3. The molecule has 0 saturated heterocycles. The highest BCUT2D eigenvalue weighted by Crippen LogP contribution is 2.39. The van der Waals surface area contributed by atoms with Gasteiger partial charge in [0.05, 0.1) is 6.10 Å². The first-order valence-electron chi connectivity index (χ1n) is 13.5. The SMILES string of the molecule is CC(=O)OC1[C@H](C)CC(Oc2c(-c3ccc(OC4CCC4)cc3)oc3cc(O)cc(O)c3c2=O)[C@H](O)[C@@H]1OC(C)=O. The average Bonchev–Trinajstić information content (AvgIpc) is 2.87. The molecule has 2 aliphatic carbocycles. The summed E-state index contributed by atoms with van der Waals surface area (Å²) in [6.45, 7) is 4.12. The van der Waals surface area contributed by atoms with Gasteiger partial charge in [0.2, 0.25) is 11.2 Å². The molecule has 3 aromatic rings. The number of benzene rings is 2. The number of carbonyl (C=O) groups excluding carboxylic acids is 2. The van der Waals surface area contributed by atoms with E-state index in [2.05, 4.69) is 0 Å². The minimum absolute atomic E-state index is 0.00584. The Morgan fingerprint density at radius 2 is 1.61 bits per heavy atom. The van der Waals surface area contributed by atoms with Crippen LogP contribution < -0.4 is 14.9 Å². The van der Waals surface area contributed by atoms with Gasteiger partial charge in [-0.15, -0.1) is 0 Å². The molecular weight excluding hydrogens is 536 g/mol. The van der Waals surface area contributed by atoms with E-state index in [1.54, 1.807) is 31.2 Å². The smallest absolute Gasteiger partial charge is 0.303 e. The van der Waals surface area contributed by atoms with Crippen molar-refractivity contribution in [3.63, 3.8) is 0 Å². The number of rotatable bonds is 7. The summed E-state index contributed by atoms with van der Waals surface area (Å²) in [5.74, 6) is -2.20. The van der Waals surface area contributed by atoms with Crippen LogP contribution in [0, 0.1) is 5.92 Å². The molecule has 1 heterocycles. The van der Waals surface area contributed by atoms with E-state index in [0.29, 0.717) is 11.3 Å². The zero-order valence-electron chi connectivity index (χ0n) is 22.9. The minimum Gasteiger partial charge on any atom is -0.508 e. The summed E-state index contributed by atoms with van der Waals surface area (Å²) in [5.41, 5.74) is -0.370. The molecule has 0 spiro atoms. The molecule has 0 aliphatic heterocycles. The predicted molar refractivity (Wildman–Crippen MR) is 145 cm³/mol. The Bertz CT molecular complexity index is 1510. The molecule has 5 rings (SSSR count). The largest absolute Gasteiger partial charge is 0.508 e. The van der Waals surface area contributed by atoms with Crippen LogP contribution >= 0.6 is 0 Å². The molecule has 11 heteroatoms. The fourth-order valence-corrected chi connectivity index (χ4v) is 5.27. The van der Waals surface area contributed by atoms with Gasteiger partial charge in [0.15, 0.2) is 11.9 Å². The fraction of sp³-hybridized carbons (Fsp3) is 0.433. The van der Waals surface area contributed by atoms with Gasteiger partial charge in [0.1, 0.15) is 46.5 Å². The van der Waals surface area contributed by atoms with Crippen LogP contribution in [0.5, 0.6) is 23.0 Å². The van der Waals surface area contributed by atoms with Crippen LogP contribution in [0.1, 0.15) is 46.5 Å². The van der Waals surface area contributed by atoms with E-state index in [1.807, 2.05) is 0 Å². The number of aliphatic hydroxyl groups is 1. The Morgan fingerprint density at radius 1 is 0.951 bits per heavy atom. The number of phenols is 2. The van der Waals surface area contributed by atoms with E-state index in [1.165, 1.54) is 19.9 Å². The normalized spacial score (nSPS) is 24.3. The molecule has 2 saturated carbocycles. The molecule has 2 fully saturated rings. The monoisotopic (exact) mass is 568 g/mol. The highest BCUT2D eigenvalue weighted by Gasteiger charge is 2.48. The van der Waals surface area contributed by atoms with Crippen molar-refractivity contribution in [2.24, 2.45) is 5.92 Å². The number of hydrogen-bond acceptors (Lipinski definition) is 11. The number of fused-ring (bicyclic) bond motifs is 1. The van der Waals surface area contributed by atoms with E-state index in [0.717, 1.165) is 25.3 Å². The molecule has 41 heavy (non-hydrogen) atoms. The Hall–Kier alpha value is -4.25. The molecule has 5 atom stereocenters. The second-order valence-electron chi connectivity index (χ2n) is 10.6. The number of carbonyl (C=O) groups is 2. The van der Waals surface area contributed by atoms with Crippen molar-refractivity contribution in [3.05, 3.63) is 46.6 Å². The third kappa shape index (κ3) is 5.81. The van der Waals surface area contributed by atoms with Gasteiger partial charge in [-0.05, 0) is 49.9 Å². The van der Waals surface area contributed by atoms with E-state index >= 15 is 0 Å². The number of phenolic OH excluding ortho intramolecular Hbond substituents is 2. The minimum atomic E-state index is -1.48. The van der Waals surface area contributed by atoms with Gasteiger partial charge >= 0.3 is 11.9 Å². The first kappa shape index (κ1) is 28.3. The quantitative estimate of drug-likeness (QED) is 0.355. The second kappa shape index (κ2) is 11.3. The van der Waals surface area contributed by atoms with E-state index in [4.69, 9.17) is 23.4 Å².